The van der Waals surface area contributed by atoms with Crippen molar-refractivity contribution >= 4 is 92.7 Å². The van der Waals surface area contributed by atoms with Crippen LogP contribution in [0.4, 0.5) is 17.1 Å². The van der Waals surface area contributed by atoms with E-state index >= 15 is 0 Å². The largest absolute Gasteiger partial charge is 0.310 e. The van der Waals surface area contributed by atoms with Crippen molar-refractivity contribution in [1.29, 1.82) is 0 Å². The van der Waals surface area contributed by atoms with Crippen LogP contribution in [0.5, 0.6) is 0 Å². The standard InChI is InChI=1S/C48H29N5S2/c1-3-9-45-41(7-1)51-47(54-45)30-13-18-36(19-14-30)53(37-20-15-31(16-21-37)48-52-42-8-2-4-10-46(42)55-48)38-22-17-32-26-34(12-11-33(32)27-38)39-23-25-50-44-28-35-6-5-24-49-43(35)29-40(39)44/h1-29H. The molecule has 0 saturated heterocycles. The van der Waals surface area contributed by atoms with Gasteiger partial charge < -0.3 is 4.90 Å². The number of hydrogen-bond acceptors (Lipinski definition) is 7. The predicted octanol–water partition coefficient (Wildman–Crippen LogP) is 13.6. The van der Waals surface area contributed by atoms with Crippen molar-refractivity contribution in [3.63, 3.8) is 0 Å². The average Bonchev–Trinajstić information content (AvgIpc) is 3.88. The number of nitrogens with zero attached hydrogens (tertiary/aromatic N) is 5. The van der Waals surface area contributed by atoms with Crippen LogP contribution in [-0.4, -0.2) is 19.9 Å². The molecule has 7 heteroatoms. The molecule has 55 heavy (non-hydrogen) atoms. The maximum Gasteiger partial charge on any atom is 0.124 e. The molecule has 0 fully saturated rings. The van der Waals surface area contributed by atoms with Crippen molar-refractivity contribution in [2.75, 3.05) is 4.90 Å². The van der Waals surface area contributed by atoms with Gasteiger partial charge in [0, 0.05) is 51.4 Å². The Balaban J connectivity index is 0.988. The lowest BCUT2D eigenvalue weighted by Gasteiger charge is -2.26. The first-order valence-corrected chi connectivity index (χ1v) is 19.7. The quantitative estimate of drug-likeness (QED) is 0.159. The lowest BCUT2D eigenvalue weighted by molar-refractivity contribution is 1.29. The van der Waals surface area contributed by atoms with Gasteiger partial charge in [-0.05, 0) is 137 Å². The van der Waals surface area contributed by atoms with E-state index in [9.17, 15) is 0 Å². The highest BCUT2D eigenvalue weighted by molar-refractivity contribution is 7.22. The average molecular weight is 740 g/mol. The Morgan fingerprint density at radius 3 is 1.64 bits per heavy atom. The Morgan fingerprint density at radius 2 is 0.964 bits per heavy atom. The van der Waals surface area contributed by atoms with Gasteiger partial charge in [0.2, 0.25) is 0 Å². The van der Waals surface area contributed by atoms with E-state index in [2.05, 4.69) is 155 Å². The van der Waals surface area contributed by atoms with Gasteiger partial charge in [0.1, 0.15) is 10.0 Å². The summed E-state index contributed by atoms with van der Waals surface area (Å²) >= 11 is 3.45. The molecular formula is C48H29N5S2. The van der Waals surface area contributed by atoms with Gasteiger partial charge in [0.05, 0.1) is 31.5 Å². The highest BCUT2D eigenvalue weighted by atomic mass is 32.1. The van der Waals surface area contributed by atoms with E-state index in [0.717, 1.165) is 87.6 Å². The number of hydrogen-bond donors (Lipinski definition) is 0. The zero-order valence-electron chi connectivity index (χ0n) is 29.3. The first-order valence-electron chi connectivity index (χ1n) is 18.1. The van der Waals surface area contributed by atoms with E-state index in [-0.39, 0.29) is 0 Å². The van der Waals surface area contributed by atoms with E-state index in [1.807, 2.05) is 30.6 Å². The number of pyridine rings is 2. The second-order valence-corrected chi connectivity index (χ2v) is 15.6. The van der Waals surface area contributed by atoms with Gasteiger partial charge in [-0.2, -0.15) is 0 Å². The predicted molar refractivity (Wildman–Crippen MR) is 232 cm³/mol. The van der Waals surface area contributed by atoms with Gasteiger partial charge in [-0.15, -0.1) is 22.7 Å². The molecule has 7 aromatic carbocycles. The summed E-state index contributed by atoms with van der Waals surface area (Å²) in [6, 6.07) is 58.0. The number of rotatable bonds is 6. The lowest BCUT2D eigenvalue weighted by Crippen LogP contribution is -2.09. The van der Waals surface area contributed by atoms with E-state index in [0.29, 0.717) is 0 Å². The molecule has 4 aromatic heterocycles. The molecule has 11 aromatic rings. The Labute approximate surface area is 324 Å². The molecule has 0 amide bonds. The number of anilines is 3. The van der Waals surface area contributed by atoms with Gasteiger partial charge in [-0.1, -0.05) is 48.5 Å². The topological polar surface area (TPSA) is 54.8 Å². The maximum absolute atomic E-state index is 4.91. The number of para-hydroxylation sites is 2. The lowest BCUT2D eigenvalue weighted by atomic mass is 9.97. The smallest absolute Gasteiger partial charge is 0.124 e. The van der Waals surface area contributed by atoms with Crippen LogP contribution in [-0.2, 0) is 0 Å². The molecule has 11 rings (SSSR count). The van der Waals surface area contributed by atoms with Crippen molar-refractivity contribution in [1.82, 2.24) is 19.9 Å². The fraction of sp³-hybridized carbons (Fsp3) is 0. The Bertz CT molecular complexity index is 3040. The third-order valence-electron chi connectivity index (χ3n) is 10.2. The number of thiazole rings is 2. The molecule has 0 radical (unpaired) electrons. The summed E-state index contributed by atoms with van der Waals surface area (Å²) in [5.41, 5.74) is 11.7. The first-order chi connectivity index (χ1) is 27.2. The van der Waals surface area contributed by atoms with Crippen molar-refractivity contribution in [2.45, 2.75) is 0 Å². The molecule has 0 aliphatic heterocycles. The summed E-state index contributed by atoms with van der Waals surface area (Å²) < 4.78 is 2.39. The van der Waals surface area contributed by atoms with Crippen molar-refractivity contribution in [3.05, 3.63) is 176 Å². The second kappa shape index (κ2) is 13.0. The molecule has 0 unspecified atom stereocenters. The summed E-state index contributed by atoms with van der Waals surface area (Å²) in [6.07, 6.45) is 3.74. The third kappa shape index (κ3) is 5.69. The van der Waals surface area contributed by atoms with Gasteiger partial charge in [0.15, 0.2) is 0 Å². The highest BCUT2D eigenvalue weighted by Crippen LogP contribution is 2.40. The Kier molecular flexibility index (Phi) is 7.46. The van der Waals surface area contributed by atoms with Crippen molar-refractivity contribution in [3.8, 4) is 32.3 Å². The molecule has 258 valence electrons. The summed E-state index contributed by atoms with van der Waals surface area (Å²) in [5.74, 6) is 0. The van der Waals surface area contributed by atoms with Crippen LogP contribution < -0.4 is 4.90 Å². The summed E-state index contributed by atoms with van der Waals surface area (Å²) in [4.78, 5) is 21.5. The van der Waals surface area contributed by atoms with Gasteiger partial charge in [-0.3, -0.25) is 9.97 Å². The summed E-state index contributed by atoms with van der Waals surface area (Å²) in [5, 5.41) is 6.56. The van der Waals surface area contributed by atoms with Crippen LogP contribution in [0.25, 0.3) is 85.3 Å². The molecule has 5 nitrogen and oxygen atoms in total. The van der Waals surface area contributed by atoms with E-state index in [1.165, 1.54) is 14.8 Å². The van der Waals surface area contributed by atoms with Crippen LogP contribution in [0.1, 0.15) is 0 Å². The minimum absolute atomic E-state index is 0.965. The van der Waals surface area contributed by atoms with Crippen LogP contribution in [0, 0.1) is 0 Å². The second-order valence-electron chi connectivity index (χ2n) is 13.6. The molecule has 0 N–H and O–H groups in total. The molecular weight excluding hydrogens is 711 g/mol. The third-order valence-corrected chi connectivity index (χ3v) is 12.4. The minimum Gasteiger partial charge on any atom is -0.310 e. The molecule has 0 aliphatic carbocycles. The Hall–Kier alpha value is -6.80. The van der Waals surface area contributed by atoms with Gasteiger partial charge in [-0.25, -0.2) is 9.97 Å². The van der Waals surface area contributed by atoms with E-state index in [4.69, 9.17) is 15.0 Å². The fourth-order valence-corrected chi connectivity index (χ4v) is 9.39. The van der Waals surface area contributed by atoms with Crippen LogP contribution in [0.2, 0.25) is 0 Å². The molecule has 0 aliphatic rings. The number of aromatic nitrogens is 4. The monoisotopic (exact) mass is 739 g/mol. The van der Waals surface area contributed by atoms with Crippen LogP contribution >= 0.6 is 22.7 Å². The molecule has 0 saturated carbocycles. The van der Waals surface area contributed by atoms with E-state index < -0.39 is 0 Å². The molecule has 0 spiro atoms. The fourth-order valence-electron chi connectivity index (χ4n) is 7.45. The normalized spacial score (nSPS) is 11.6. The number of fused-ring (bicyclic) bond motifs is 5. The maximum atomic E-state index is 4.91. The molecule has 0 atom stereocenters. The zero-order chi connectivity index (χ0) is 36.3. The summed E-state index contributed by atoms with van der Waals surface area (Å²) in [6.45, 7) is 0. The zero-order valence-corrected chi connectivity index (χ0v) is 30.9. The van der Waals surface area contributed by atoms with Gasteiger partial charge >= 0.3 is 0 Å². The number of benzene rings is 7. The Morgan fingerprint density at radius 1 is 0.382 bits per heavy atom. The van der Waals surface area contributed by atoms with Crippen molar-refractivity contribution < 1.29 is 0 Å². The molecule has 4 heterocycles. The summed E-state index contributed by atoms with van der Waals surface area (Å²) in [7, 11) is 0. The molecule has 0 bridgehead atoms. The highest BCUT2D eigenvalue weighted by Gasteiger charge is 2.16. The SMILES string of the molecule is c1cnc2cc3c(-c4ccc5cc(N(c6ccc(-c7nc8ccccc8s7)cc6)c6ccc(-c7nc8ccccc8s7)cc6)ccc5c4)ccnc3cc2c1. The first kappa shape index (κ1) is 31.7. The van der Waals surface area contributed by atoms with Gasteiger partial charge in [0.25, 0.3) is 0 Å². The van der Waals surface area contributed by atoms with Crippen LogP contribution in [0.15, 0.2) is 176 Å². The van der Waals surface area contributed by atoms with E-state index in [1.54, 1.807) is 22.7 Å². The van der Waals surface area contributed by atoms with Crippen LogP contribution in [0.3, 0.4) is 0 Å². The minimum atomic E-state index is 0.965. The van der Waals surface area contributed by atoms with Crippen molar-refractivity contribution in [2.24, 2.45) is 0 Å².